The molecule has 0 bridgehead atoms. The zero-order chi connectivity index (χ0) is 8.27. The molecule has 1 saturated carbocycles. The van der Waals surface area contributed by atoms with Crippen molar-refractivity contribution in [2.24, 2.45) is 11.7 Å². The maximum Gasteiger partial charge on any atom is 0.222 e. The van der Waals surface area contributed by atoms with Crippen molar-refractivity contribution in [3.8, 4) is 0 Å². The Morgan fingerprint density at radius 2 is 1.83 bits per heavy atom. The molecular weight excluding hydrogens is 176 g/mol. The van der Waals surface area contributed by atoms with Gasteiger partial charge in [-0.25, -0.2) is 0 Å². The summed E-state index contributed by atoms with van der Waals surface area (Å²) in [4.78, 5) is 11.1. The molecule has 0 radical (unpaired) electrons. The smallest absolute Gasteiger partial charge is 0.222 e. The van der Waals surface area contributed by atoms with Crippen molar-refractivity contribution in [3.63, 3.8) is 0 Å². The van der Waals surface area contributed by atoms with Crippen LogP contribution in [0.4, 0.5) is 0 Å². The summed E-state index contributed by atoms with van der Waals surface area (Å²) >= 11 is 0. The standard InChI is InChI=1S/C8H16N2O.ClH/c1-10-8(11)6-2-4-7(9)5-3-6;/h6-7H,2-5,9H2,1H3,(H,10,11);1H. The summed E-state index contributed by atoms with van der Waals surface area (Å²) in [5.74, 6) is 0.400. The highest BCUT2D eigenvalue weighted by atomic mass is 35.5. The minimum Gasteiger partial charge on any atom is -0.359 e. The van der Waals surface area contributed by atoms with Crippen LogP contribution in [0.3, 0.4) is 0 Å². The summed E-state index contributed by atoms with van der Waals surface area (Å²) in [5.41, 5.74) is 5.71. The predicted octanol–water partition coefficient (Wildman–Crippen LogP) is 0.672. The van der Waals surface area contributed by atoms with Gasteiger partial charge >= 0.3 is 0 Å². The number of nitrogens with one attached hydrogen (secondary N) is 1. The highest BCUT2D eigenvalue weighted by molar-refractivity contribution is 5.85. The first-order valence-electron chi connectivity index (χ1n) is 4.21. The number of halogens is 1. The molecule has 12 heavy (non-hydrogen) atoms. The van der Waals surface area contributed by atoms with E-state index < -0.39 is 0 Å². The van der Waals surface area contributed by atoms with Gasteiger partial charge in [-0.15, -0.1) is 12.4 Å². The average Bonchev–Trinajstić information content (AvgIpc) is 2.05. The first-order valence-corrected chi connectivity index (χ1v) is 4.21. The van der Waals surface area contributed by atoms with Crippen LogP contribution in [0.1, 0.15) is 25.7 Å². The quantitative estimate of drug-likeness (QED) is 0.642. The molecule has 3 N–H and O–H groups in total. The van der Waals surface area contributed by atoms with Crippen LogP contribution in [0, 0.1) is 5.92 Å². The first-order chi connectivity index (χ1) is 5.24. The van der Waals surface area contributed by atoms with Crippen LogP contribution >= 0.6 is 12.4 Å². The number of carbonyl (C=O) groups is 1. The molecule has 0 unspecified atom stereocenters. The minimum atomic E-state index is 0. The normalized spacial score (nSPS) is 28.8. The second-order valence-corrected chi connectivity index (χ2v) is 3.23. The third-order valence-corrected chi connectivity index (χ3v) is 2.39. The molecule has 1 aliphatic rings. The van der Waals surface area contributed by atoms with E-state index >= 15 is 0 Å². The van der Waals surface area contributed by atoms with Gasteiger partial charge in [-0.3, -0.25) is 4.79 Å². The number of hydrogen-bond acceptors (Lipinski definition) is 2. The molecule has 0 spiro atoms. The van der Waals surface area contributed by atoms with Gasteiger partial charge in [0.25, 0.3) is 0 Å². The number of amides is 1. The van der Waals surface area contributed by atoms with Gasteiger partial charge in [0.1, 0.15) is 0 Å². The lowest BCUT2D eigenvalue weighted by Crippen LogP contribution is -2.34. The molecule has 3 nitrogen and oxygen atoms in total. The zero-order valence-electron chi connectivity index (χ0n) is 7.38. The van der Waals surface area contributed by atoms with Crippen molar-refractivity contribution < 1.29 is 4.79 Å². The van der Waals surface area contributed by atoms with Crippen LogP contribution < -0.4 is 11.1 Å². The molecule has 0 aromatic carbocycles. The van der Waals surface area contributed by atoms with Gasteiger partial charge in [-0.2, -0.15) is 0 Å². The van der Waals surface area contributed by atoms with Crippen molar-refractivity contribution in [3.05, 3.63) is 0 Å². The lowest BCUT2D eigenvalue weighted by Gasteiger charge is -2.24. The zero-order valence-corrected chi connectivity index (χ0v) is 8.19. The molecule has 0 atom stereocenters. The number of rotatable bonds is 1. The Bertz CT molecular complexity index is 144. The van der Waals surface area contributed by atoms with Crippen molar-refractivity contribution in [1.82, 2.24) is 5.32 Å². The van der Waals surface area contributed by atoms with Crippen molar-refractivity contribution in [2.45, 2.75) is 31.7 Å². The second-order valence-electron chi connectivity index (χ2n) is 3.23. The molecule has 0 saturated heterocycles. The molecule has 1 rings (SSSR count). The van der Waals surface area contributed by atoms with Gasteiger partial charge in [0.2, 0.25) is 5.91 Å². The van der Waals surface area contributed by atoms with Crippen LogP contribution in [0.2, 0.25) is 0 Å². The van der Waals surface area contributed by atoms with Crippen molar-refractivity contribution >= 4 is 18.3 Å². The number of hydrogen-bond donors (Lipinski definition) is 2. The van der Waals surface area contributed by atoms with Gasteiger partial charge in [-0.05, 0) is 25.7 Å². The SMILES string of the molecule is CNC(=O)C1CCC(N)CC1.Cl. The van der Waals surface area contributed by atoms with Crippen LogP contribution in [-0.2, 0) is 4.79 Å². The molecule has 4 heteroatoms. The maximum atomic E-state index is 11.1. The Labute approximate surface area is 79.5 Å². The molecule has 1 aliphatic carbocycles. The van der Waals surface area contributed by atoms with E-state index in [0.29, 0.717) is 6.04 Å². The van der Waals surface area contributed by atoms with Crippen LogP contribution in [0.5, 0.6) is 0 Å². The maximum absolute atomic E-state index is 11.1. The van der Waals surface area contributed by atoms with E-state index in [-0.39, 0.29) is 24.2 Å². The third-order valence-electron chi connectivity index (χ3n) is 2.39. The Kier molecular flexibility index (Phi) is 5.25. The van der Waals surface area contributed by atoms with Gasteiger partial charge in [0.05, 0.1) is 0 Å². The molecule has 1 amide bonds. The first kappa shape index (κ1) is 11.7. The lowest BCUT2D eigenvalue weighted by atomic mass is 9.86. The largest absolute Gasteiger partial charge is 0.359 e. The molecular formula is C8H17ClN2O. The number of nitrogens with two attached hydrogens (primary N) is 1. The fourth-order valence-electron chi connectivity index (χ4n) is 1.59. The Hall–Kier alpha value is -0.280. The summed E-state index contributed by atoms with van der Waals surface area (Å²) in [6, 6.07) is 0.330. The van der Waals surface area contributed by atoms with E-state index in [1.165, 1.54) is 0 Å². The lowest BCUT2D eigenvalue weighted by molar-refractivity contribution is -0.125. The monoisotopic (exact) mass is 192 g/mol. The average molecular weight is 193 g/mol. The highest BCUT2D eigenvalue weighted by Gasteiger charge is 2.23. The van der Waals surface area contributed by atoms with E-state index in [1.54, 1.807) is 7.05 Å². The van der Waals surface area contributed by atoms with Gasteiger partial charge in [0.15, 0.2) is 0 Å². The minimum absolute atomic E-state index is 0. The Morgan fingerprint density at radius 1 is 1.33 bits per heavy atom. The number of carbonyl (C=O) groups excluding carboxylic acids is 1. The summed E-state index contributed by atoms with van der Waals surface area (Å²) < 4.78 is 0. The van der Waals surface area contributed by atoms with E-state index in [1.807, 2.05) is 0 Å². The molecule has 72 valence electrons. The van der Waals surface area contributed by atoms with Crippen LogP contribution in [-0.4, -0.2) is 19.0 Å². The fraction of sp³-hybridized carbons (Fsp3) is 0.875. The van der Waals surface area contributed by atoms with Crippen molar-refractivity contribution in [1.29, 1.82) is 0 Å². The Morgan fingerprint density at radius 3 is 2.25 bits per heavy atom. The van der Waals surface area contributed by atoms with Crippen LogP contribution in [0.25, 0.3) is 0 Å². The summed E-state index contributed by atoms with van der Waals surface area (Å²) in [6.07, 6.45) is 3.91. The fourth-order valence-corrected chi connectivity index (χ4v) is 1.59. The summed E-state index contributed by atoms with van der Waals surface area (Å²) in [6.45, 7) is 0. The van der Waals surface area contributed by atoms with Gasteiger partial charge < -0.3 is 11.1 Å². The van der Waals surface area contributed by atoms with Gasteiger partial charge in [-0.1, -0.05) is 0 Å². The Balaban J connectivity index is 0.00000121. The highest BCUT2D eigenvalue weighted by Crippen LogP contribution is 2.22. The molecule has 0 heterocycles. The molecule has 1 fully saturated rings. The molecule has 0 aliphatic heterocycles. The van der Waals surface area contributed by atoms with Crippen molar-refractivity contribution in [2.75, 3.05) is 7.05 Å². The predicted molar refractivity (Wildman–Crippen MR) is 51.2 cm³/mol. The van der Waals surface area contributed by atoms with E-state index in [0.717, 1.165) is 25.7 Å². The van der Waals surface area contributed by atoms with E-state index in [4.69, 9.17) is 5.73 Å². The summed E-state index contributed by atoms with van der Waals surface area (Å²) in [7, 11) is 1.69. The van der Waals surface area contributed by atoms with Crippen LogP contribution in [0.15, 0.2) is 0 Å². The second kappa shape index (κ2) is 5.38. The van der Waals surface area contributed by atoms with Gasteiger partial charge in [0, 0.05) is 19.0 Å². The van der Waals surface area contributed by atoms with E-state index in [2.05, 4.69) is 5.32 Å². The molecule has 0 aromatic rings. The topological polar surface area (TPSA) is 55.1 Å². The summed E-state index contributed by atoms with van der Waals surface area (Å²) in [5, 5.41) is 2.67. The molecule has 0 aromatic heterocycles. The van der Waals surface area contributed by atoms with E-state index in [9.17, 15) is 4.79 Å². The third kappa shape index (κ3) is 2.99.